The number of halogens is 1. The van der Waals surface area contributed by atoms with E-state index in [0.717, 1.165) is 36.5 Å². The highest BCUT2D eigenvalue weighted by atomic mass is 127. The lowest BCUT2D eigenvalue weighted by molar-refractivity contribution is 0.346. The van der Waals surface area contributed by atoms with Gasteiger partial charge in [-0.1, -0.05) is 32.9 Å². The maximum Gasteiger partial charge on any atom is 0.238 e. The van der Waals surface area contributed by atoms with Crippen molar-refractivity contribution in [1.29, 1.82) is 0 Å². The van der Waals surface area contributed by atoms with Crippen LogP contribution in [-0.4, -0.2) is 27.0 Å². The van der Waals surface area contributed by atoms with Crippen molar-refractivity contribution in [2.75, 3.05) is 6.54 Å². The predicted molar refractivity (Wildman–Crippen MR) is 136 cm³/mol. The van der Waals surface area contributed by atoms with Crippen LogP contribution in [-0.2, 0) is 23.0 Å². The van der Waals surface area contributed by atoms with Crippen LogP contribution in [0, 0.1) is 5.41 Å². The van der Waals surface area contributed by atoms with Crippen molar-refractivity contribution in [2.24, 2.45) is 15.5 Å². The third kappa shape index (κ3) is 11.0. The number of sulfonamides is 1. The minimum atomic E-state index is -3.69. The van der Waals surface area contributed by atoms with Crippen LogP contribution in [0.4, 0.5) is 0 Å². The van der Waals surface area contributed by atoms with Crippen LogP contribution in [0.3, 0.4) is 0 Å². The number of nitrogens with two attached hydrogens (primary N) is 1. The Balaban J connectivity index is 0.00000480. The molecule has 0 amide bonds. The summed E-state index contributed by atoms with van der Waals surface area (Å²) in [5, 5.41) is 12.0. The van der Waals surface area contributed by atoms with Crippen molar-refractivity contribution in [2.45, 2.75) is 64.4 Å². The molecular weight excluding hydrogens is 527 g/mol. The van der Waals surface area contributed by atoms with E-state index in [0.29, 0.717) is 13.1 Å². The van der Waals surface area contributed by atoms with Crippen LogP contribution in [0.15, 0.2) is 57.0 Å². The zero-order valence-corrected chi connectivity index (χ0v) is 21.9. The predicted octanol–water partition coefficient (Wildman–Crippen LogP) is 4.04. The van der Waals surface area contributed by atoms with Crippen molar-refractivity contribution in [1.82, 2.24) is 10.6 Å². The number of nitrogens with zero attached hydrogens (tertiary/aromatic N) is 1. The van der Waals surface area contributed by atoms with E-state index in [9.17, 15) is 8.42 Å². The third-order valence-electron chi connectivity index (χ3n) is 4.63. The van der Waals surface area contributed by atoms with Crippen molar-refractivity contribution < 1.29 is 12.8 Å². The zero-order valence-electron chi connectivity index (χ0n) is 18.7. The van der Waals surface area contributed by atoms with Gasteiger partial charge in [-0.3, -0.25) is 0 Å². The molecule has 1 aromatic carbocycles. The molecule has 1 unspecified atom stereocenters. The fourth-order valence-electron chi connectivity index (χ4n) is 2.82. The lowest BCUT2D eigenvalue weighted by Crippen LogP contribution is -2.43. The fraction of sp³-hybridized carbons (Fsp3) is 0.500. The standard InChI is InChI=1S/C22H34N4O3S.HI/c1-17(11-13-22(2,3)4)26-21(24-14-12-19-6-5-15-29-19)25-16-18-7-9-20(10-8-18)30(23,27)28;/h5-10,15,17H,11-14,16H2,1-4H3,(H2,23,27,28)(H2,24,25,26);1H. The van der Waals surface area contributed by atoms with Crippen LogP contribution >= 0.6 is 24.0 Å². The number of nitrogens with one attached hydrogen (secondary N) is 2. The minimum absolute atomic E-state index is 0. The number of furan rings is 1. The fourth-order valence-corrected chi connectivity index (χ4v) is 3.34. The summed E-state index contributed by atoms with van der Waals surface area (Å²) in [6.45, 7) is 9.98. The molecule has 0 fully saturated rings. The number of hydrogen-bond acceptors (Lipinski definition) is 4. The Morgan fingerprint density at radius 3 is 2.42 bits per heavy atom. The smallest absolute Gasteiger partial charge is 0.238 e. The second-order valence-electron chi connectivity index (χ2n) is 8.75. The number of benzene rings is 1. The largest absolute Gasteiger partial charge is 0.469 e. The molecule has 0 bridgehead atoms. The van der Waals surface area contributed by atoms with Gasteiger partial charge >= 0.3 is 0 Å². The molecule has 9 heteroatoms. The summed E-state index contributed by atoms with van der Waals surface area (Å²) in [7, 11) is -3.69. The zero-order chi connectivity index (χ0) is 22.2. The molecule has 0 radical (unpaired) electrons. The van der Waals surface area contributed by atoms with Crippen LogP contribution in [0.1, 0.15) is 51.9 Å². The maximum absolute atomic E-state index is 11.4. The van der Waals surface area contributed by atoms with Crippen molar-refractivity contribution in [3.8, 4) is 0 Å². The monoisotopic (exact) mass is 562 g/mol. The van der Waals surface area contributed by atoms with E-state index in [1.807, 2.05) is 12.1 Å². The quantitative estimate of drug-likeness (QED) is 0.243. The summed E-state index contributed by atoms with van der Waals surface area (Å²) < 4.78 is 28.2. The summed E-state index contributed by atoms with van der Waals surface area (Å²) in [5.74, 6) is 1.64. The van der Waals surface area contributed by atoms with Crippen LogP contribution < -0.4 is 15.8 Å². The summed E-state index contributed by atoms with van der Waals surface area (Å²) in [5.41, 5.74) is 1.18. The highest BCUT2D eigenvalue weighted by Gasteiger charge is 2.13. The molecule has 0 saturated carbocycles. The lowest BCUT2D eigenvalue weighted by atomic mass is 9.89. The van der Waals surface area contributed by atoms with Gasteiger partial charge in [0.15, 0.2) is 5.96 Å². The number of hydrogen-bond donors (Lipinski definition) is 3. The average molecular weight is 563 g/mol. The van der Waals surface area contributed by atoms with E-state index in [4.69, 9.17) is 9.56 Å². The minimum Gasteiger partial charge on any atom is -0.469 e. The van der Waals surface area contributed by atoms with Crippen LogP contribution in [0.25, 0.3) is 0 Å². The topological polar surface area (TPSA) is 110 Å². The Kier molecular flexibility index (Phi) is 11.0. The van der Waals surface area contributed by atoms with Crippen molar-refractivity contribution in [3.05, 3.63) is 54.0 Å². The van der Waals surface area contributed by atoms with E-state index in [1.165, 1.54) is 12.1 Å². The summed E-state index contributed by atoms with van der Waals surface area (Å²) >= 11 is 0. The first-order valence-electron chi connectivity index (χ1n) is 10.2. The molecule has 4 N–H and O–H groups in total. The highest BCUT2D eigenvalue weighted by molar-refractivity contribution is 14.0. The summed E-state index contributed by atoms with van der Waals surface area (Å²) in [6.07, 6.45) is 4.57. The molecule has 0 aliphatic carbocycles. The molecule has 1 atom stereocenters. The highest BCUT2D eigenvalue weighted by Crippen LogP contribution is 2.21. The SMILES string of the molecule is CC(CCC(C)(C)C)NC(=NCc1ccc(S(N)(=O)=O)cc1)NCCc1ccco1.I. The molecule has 0 spiro atoms. The maximum atomic E-state index is 11.4. The first kappa shape index (κ1) is 27.4. The van der Waals surface area contributed by atoms with Crippen molar-refractivity contribution >= 4 is 40.0 Å². The van der Waals surface area contributed by atoms with Crippen molar-refractivity contribution in [3.63, 3.8) is 0 Å². The molecule has 7 nitrogen and oxygen atoms in total. The lowest BCUT2D eigenvalue weighted by Gasteiger charge is -2.23. The first-order valence-corrected chi connectivity index (χ1v) is 11.8. The molecule has 174 valence electrons. The van der Waals surface area contributed by atoms with Crippen LogP contribution in [0.2, 0.25) is 0 Å². The van der Waals surface area contributed by atoms with E-state index < -0.39 is 10.0 Å². The summed E-state index contributed by atoms with van der Waals surface area (Å²) in [4.78, 5) is 4.77. The molecule has 31 heavy (non-hydrogen) atoms. The number of primary sulfonamides is 1. The first-order chi connectivity index (χ1) is 14.0. The Morgan fingerprint density at radius 1 is 1.19 bits per heavy atom. The second kappa shape index (κ2) is 12.4. The van der Waals surface area contributed by atoms with Gasteiger partial charge in [-0.15, -0.1) is 24.0 Å². The van der Waals surface area contributed by atoms with E-state index >= 15 is 0 Å². The van der Waals surface area contributed by atoms with E-state index in [1.54, 1.807) is 18.4 Å². The number of rotatable bonds is 9. The Labute approximate surface area is 203 Å². The molecule has 1 aromatic heterocycles. The van der Waals surface area contributed by atoms with Gasteiger partial charge in [0.05, 0.1) is 17.7 Å². The molecule has 0 saturated heterocycles. The van der Waals surface area contributed by atoms with E-state index in [2.05, 4.69) is 43.3 Å². The van der Waals surface area contributed by atoms with Gasteiger partial charge in [0, 0.05) is 19.0 Å². The second-order valence-corrected chi connectivity index (χ2v) is 10.3. The average Bonchev–Trinajstić information content (AvgIpc) is 3.17. The summed E-state index contributed by atoms with van der Waals surface area (Å²) in [6, 6.07) is 10.6. The van der Waals surface area contributed by atoms with Gasteiger partial charge in [0.2, 0.25) is 10.0 Å². The molecule has 1 heterocycles. The van der Waals surface area contributed by atoms with Gasteiger partial charge < -0.3 is 15.1 Å². The molecular formula is C22H35IN4O3S. The molecule has 0 aliphatic heterocycles. The van der Waals surface area contributed by atoms with Crippen LogP contribution in [0.5, 0.6) is 0 Å². The molecule has 2 aromatic rings. The van der Waals surface area contributed by atoms with E-state index in [-0.39, 0.29) is 40.3 Å². The number of aliphatic imine (C=N–C) groups is 1. The molecule has 0 aliphatic rings. The Bertz CT molecular complexity index is 905. The van der Waals surface area contributed by atoms with Gasteiger partial charge in [-0.05, 0) is 55.0 Å². The molecule has 2 rings (SSSR count). The normalized spacial score (nSPS) is 13.4. The van der Waals surface area contributed by atoms with Gasteiger partial charge in [-0.2, -0.15) is 0 Å². The van der Waals surface area contributed by atoms with Gasteiger partial charge in [-0.25, -0.2) is 18.5 Å². The Morgan fingerprint density at radius 2 is 1.87 bits per heavy atom. The number of guanidine groups is 1. The third-order valence-corrected chi connectivity index (χ3v) is 5.56. The van der Waals surface area contributed by atoms with Gasteiger partial charge in [0.1, 0.15) is 5.76 Å². The van der Waals surface area contributed by atoms with Gasteiger partial charge in [0.25, 0.3) is 0 Å². The Hall–Kier alpha value is -1.59.